The second-order valence-electron chi connectivity index (χ2n) is 7.69. The van der Waals surface area contributed by atoms with Crippen LogP contribution in [0.1, 0.15) is 26.5 Å². The smallest absolute Gasteiger partial charge is 0.322 e. The summed E-state index contributed by atoms with van der Waals surface area (Å²) in [6.45, 7) is 6.35. The van der Waals surface area contributed by atoms with Crippen molar-refractivity contribution in [1.82, 2.24) is 14.7 Å². The van der Waals surface area contributed by atoms with Gasteiger partial charge in [-0.1, -0.05) is 26.8 Å². The first-order valence-corrected chi connectivity index (χ1v) is 9.25. The Hall–Kier alpha value is -2.94. The topological polar surface area (TPSA) is 88.5 Å². The fraction of sp³-hybridized carbons (Fsp3) is 0.450. The molecule has 0 fully saturated rings. The third-order valence-electron chi connectivity index (χ3n) is 4.18. The van der Waals surface area contributed by atoms with Crippen molar-refractivity contribution in [2.75, 3.05) is 37.4 Å². The summed E-state index contributed by atoms with van der Waals surface area (Å²) in [5.41, 5.74) is 0.991. The first-order chi connectivity index (χ1) is 13.6. The van der Waals surface area contributed by atoms with Crippen LogP contribution in [-0.2, 0) is 22.0 Å². The summed E-state index contributed by atoms with van der Waals surface area (Å²) in [7, 11) is 3.25. The van der Waals surface area contributed by atoms with E-state index < -0.39 is 11.8 Å². The second kappa shape index (κ2) is 9.51. The molecule has 9 heteroatoms. The number of halogens is 1. The number of ether oxygens (including phenoxy) is 1. The number of rotatable bonds is 7. The van der Waals surface area contributed by atoms with Gasteiger partial charge in [0, 0.05) is 37.9 Å². The highest BCUT2D eigenvalue weighted by atomic mass is 19.1. The van der Waals surface area contributed by atoms with Crippen molar-refractivity contribution < 1.29 is 18.7 Å². The zero-order valence-electron chi connectivity index (χ0n) is 17.5. The zero-order chi connectivity index (χ0) is 21.6. The van der Waals surface area contributed by atoms with Gasteiger partial charge in [-0.05, 0) is 18.2 Å². The normalized spacial score (nSPS) is 11.2. The second-order valence-corrected chi connectivity index (χ2v) is 7.69. The Morgan fingerprint density at radius 2 is 1.97 bits per heavy atom. The molecule has 2 N–H and O–H groups in total. The molecule has 1 heterocycles. The predicted molar refractivity (Wildman–Crippen MR) is 109 cm³/mol. The van der Waals surface area contributed by atoms with Crippen molar-refractivity contribution in [3.05, 3.63) is 41.8 Å². The van der Waals surface area contributed by atoms with Crippen LogP contribution in [0.3, 0.4) is 0 Å². The van der Waals surface area contributed by atoms with Crippen LogP contribution >= 0.6 is 0 Å². The lowest BCUT2D eigenvalue weighted by molar-refractivity contribution is -0.116. The van der Waals surface area contributed by atoms with E-state index in [0.29, 0.717) is 11.5 Å². The lowest BCUT2D eigenvalue weighted by Crippen LogP contribution is -2.42. The quantitative estimate of drug-likeness (QED) is 0.741. The van der Waals surface area contributed by atoms with Crippen LogP contribution in [0.4, 0.5) is 20.7 Å². The summed E-state index contributed by atoms with van der Waals surface area (Å²) in [6, 6.07) is 6.83. The largest absolute Gasteiger partial charge is 0.383 e. The highest BCUT2D eigenvalue weighted by molar-refractivity contribution is 5.96. The number of nitrogens with one attached hydrogen (secondary N) is 2. The molecule has 0 bridgehead atoms. The maximum Gasteiger partial charge on any atom is 0.322 e. The SMILES string of the molecule is COCCN(CC(=O)Nc1cc(C(C)(C)C)nn1C)C(=O)Nc1cccc(F)c1. The van der Waals surface area contributed by atoms with Gasteiger partial charge in [0.1, 0.15) is 18.2 Å². The molecule has 0 spiro atoms. The van der Waals surface area contributed by atoms with Crippen LogP contribution in [0.25, 0.3) is 0 Å². The monoisotopic (exact) mass is 405 g/mol. The Bertz CT molecular complexity index is 860. The summed E-state index contributed by atoms with van der Waals surface area (Å²) in [5.74, 6) is -0.300. The van der Waals surface area contributed by atoms with Crippen molar-refractivity contribution in [2.45, 2.75) is 26.2 Å². The fourth-order valence-electron chi connectivity index (χ4n) is 2.53. The van der Waals surface area contributed by atoms with Gasteiger partial charge in [0.25, 0.3) is 0 Å². The van der Waals surface area contributed by atoms with Crippen LogP contribution in [0.5, 0.6) is 0 Å². The minimum Gasteiger partial charge on any atom is -0.383 e. The molecular formula is C20H28FN5O3. The number of aromatic nitrogens is 2. The van der Waals surface area contributed by atoms with Crippen molar-refractivity contribution in [1.29, 1.82) is 0 Å². The average Bonchev–Trinajstić information content (AvgIpc) is 2.99. The number of carbonyl (C=O) groups is 2. The molecule has 158 valence electrons. The molecule has 2 rings (SSSR count). The number of amides is 3. The van der Waals surface area contributed by atoms with E-state index in [2.05, 4.69) is 15.7 Å². The number of nitrogens with zero attached hydrogens (tertiary/aromatic N) is 3. The van der Waals surface area contributed by atoms with Gasteiger partial charge in [-0.2, -0.15) is 5.10 Å². The van der Waals surface area contributed by atoms with Gasteiger partial charge in [-0.3, -0.25) is 9.48 Å². The summed E-state index contributed by atoms with van der Waals surface area (Å²) in [4.78, 5) is 26.4. The van der Waals surface area contributed by atoms with Gasteiger partial charge >= 0.3 is 6.03 Å². The highest BCUT2D eigenvalue weighted by Gasteiger charge is 2.21. The van der Waals surface area contributed by atoms with E-state index >= 15 is 0 Å². The number of methoxy groups -OCH3 is 1. The van der Waals surface area contributed by atoms with Gasteiger partial charge in [-0.25, -0.2) is 9.18 Å². The summed E-state index contributed by atoms with van der Waals surface area (Å²) >= 11 is 0. The number of anilines is 2. The minimum absolute atomic E-state index is 0.157. The Labute approximate surface area is 170 Å². The van der Waals surface area contributed by atoms with Crippen LogP contribution in [0.15, 0.2) is 30.3 Å². The molecule has 0 atom stereocenters. The Morgan fingerprint density at radius 1 is 1.24 bits per heavy atom. The number of hydrogen-bond acceptors (Lipinski definition) is 4. The van der Waals surface area contributed by atoms with Gasteiger partial charge in [0.2, 0.25) is 5.91 Å². The van der Waals surface area contributed by atoms with E-state index in [9.17, 15) is 14.0 Å². The Balaban J connectivity index is 2.06. The van der Waals surface area contributed by atoms with Gasteiger partial charge < -0.3 is 20.3 Å². The maximum atomic E-state index is 13.3. The number of hydrogen-bond donors (Lipinski definition) is 2. The molecule has 8 nitrogen and oxygen atoms in total. The Morgan fingerprint density at radius 3 is 2.55 bits per heavy atom. The summed E-state index contributed by atoms with van der Waals surface area (Å²) in [6.07, 6.45) is 0. The van der Waals surface area contributed by atoms with Gasteiger partial charge in [0.15, 0.2) is 0 Å². The van der Waals surface area contributed by atoms with Crippen molar-refractivity contribution in [3.63, 3.8) is 0 Å². The van der Waals surface area contributed by atoms with E-state index in [1.54, 1.807) is 17.8 Å². The van der Waals surface area contributed by atoms with Crippen LogP contribution in [0.2, 0.25) is 0 Å². The molecule has 29 heavy (non-hydrogen) atoms. The first-order valence-electron chi connectivity index (χ1n) is 9.25. The molecule has 0 aliphatic rings. The lowest BCUT2D eigenvalue weighted by Gasteiger charge is -2.22. The van der Waals surface area contributed by atoms with E-state index in [4.69, 9.17) is 4.74 Å². The summed E-state index contributed by atoms with van der Waals surface area (Å²) in [5, 5.41) is 9.78. The van der Waals surface area contributed by atoms with Crippen LogP contribution in [0, 0.1) is 5.82 Å². The molecule has 0 aliphatic heterocycles. The molecule has 0 unspecified atom stereocenters. The third kappa shape index (κ3) is 6.56. The van der Waals surface area contributed by atoms with Crippen molar-refractivity contribution in [2.24, 2.45) is 7.05 Å². The average molecular weight is 405 g/mol. The zero-order valence-corrected chi connectivity index (χ0v) is 17.5. The molecule has 0 aliphatic carbocycles. The molecule has 0 radical (unpaired) electrons. The molecule has 2 aromatic rings. The standard InChI is InChI=1S/C20H28FN5O3/c1-20(2,3)16-12-17(25(4)24-16)23-18(27)13-26(9-10-29-5)19(28)22-15-8-6-7-14(21)11-15/h6-8,11-12H,9-10,13H2,1-5H3,(H,22,28)(H,23,27). The number of carbonyl (C=O) groups excluding carboxylic acids is 2. The maximum absolute atomic E-state index is 13.3. The molecule has 1 aromatic heterocycles. The first kappa shape index (κ1) is 22.4. The molecule has 0 saturated carbocycles. The van der Waals surface area contributed by atoms with Crippen molar-refractivity contribution in [3.8, 4) is 0 Å². The van der Waals surface area contributed by atoms with Gasteiger partial charge in [-0.15, -0.1) is 0 Å². The fourth-order valence-corrected chi connectivity index (χ4v) is 2.53. The molecular weight excluding hydrogens is 377 g/mol. The number of urea groups is 1. The third-order valence-corrected chi connectivity index (χ3v) is 4.18. The van der Waals surface area contributed by atoms with Gasteiger partial charge in [0.05, 0.1) is 12.3 Å². The summed E-state index contributed by atoms with van der Waals surface area (Å²) < 4.78 is 20.0. The number of aryl methyl sites for hydroxylation is 1. The molecule has 3 amide bonds. The number of benzene rings is 1. The Kier molecular flexibility index (Phi) is 7.33. The minimum atomic E-state index is -0.525. The lowest BCUT2D eigenvalue weighted by atomic mass is 9.92. The van der Waals surface area contributed by atoms with E-state index in [1.165, 1.54) is 30.2 Å². The molecule has 0 saturated heterocycles. The van der Waals surface area contributed by atoms with Crippen molar-refractivity contribution >= 4 is 23.4 Å². The van der Waals surface area contributed by atoms with E-state index in [1.807, 2.05) is 26.8 Å². The van der Waals surface area contributed by atoms with E-state index in [-0.39, 0.29) is 31.0 Å². The molecule has 1 aromatic carbocycles. The highest BCUT2D eigenvalue weighted by Crippen LogP contribution is 2.23. The predicted octanol–water partition coefficient (Wildman–Crippen LogP) is 2.98. The van der Waals surface area contributed by atoms with E-state index in [0.717, 1.165) is 5.69 Å². The van der Waals surface area contributed by atoms with Crippen LogP contribution in [-0.4, -0.2) is 53.4 Å². The van der Waals surface area contributed by atoms with Crippen LogP contribution < -0.4 is 10.6 Å².